The van der Waals surface area contributed by atoms with E-state index in [0.717, 1.165) is 35.9 Å². The number of H-pyrrole nitrogens is 1. The molecule has 2 aliphatic rings. The molecule has 4 heterocycles. The molecule has 0 bridgehead atoms. The third-order valence-electron chi connectivity index (χ3n) is 7.10. The molecule has 2 aromatic carbocycles. The van der Waals surface area contributed by atoms with E-state index in [1.54, 1.807) is 7.05 Å². The number of hydrogen-bond donors (Lipinski definition) is 2. The summed E-state index contributed by atoms with van der Waals surface area (Å²) in [5.74, 6) is 2.21. The molecule has 6 rings (SSSR count). The lowest BCUT2D eigenvalue weighted by Crippen LogP contribution is -2.49. The summed E-state index contributed by atoms with van der Waals surface area (Å²) in [6, 6.07) is 14.7. The number of carbonyl (C=O) groups excluding carboxylic acids is 2. The Kier molecular flexibility index (Phi) is 6.53. The molecule has 0 saturated heterocycles. The van der Waals surface area contributed by atoms with E-state index in [1.165, 1.54) is 4.90 Å². The molecule has 4 aromatic rings. The Labute approximate surface area is 225 Å². The Morgan fingerprint density at radius 3 is 2.82 bits per heavy atom. The molecule has 2 aliphatic heterocycles. The summed E-state index contributed by atoms with van der Waals surface area (Å²) in [5, 5.41) is 18.0. The number of aromatic nitrogens is 6. The zero-order valence-corrected chi connectivity index (χ0v) is 21.8. The van der Waals surface area contributed by atoms with E-state index in [2.05, 4.69) is 40.2 Å². The summed E-state index contributed by atoms with van der Waals surface area (Å²) in [5.41, 5.74) is 2.76. The summed E-state index contributed by atoms with van der Waals surface area (Å²) < 4.78 is 8.10. The van der Waals surface area contributed by atoms with Crippen LogP contribution in [0.2, 0.25) is 0 Å². The number of nitrogens with one attached hydrogen (secondary N) is 2. The van der Waals surface area contributed by atoms with Gasteiger partial charge in [0.1, 0.15) is 35.9 Å². The Balaban J connectivity index is 1.11. The van der Waals surface area contributed by atoms with Crippen molar-refractivity contribution < 1.29 is 14.3 Å². The first-order valence-corrected chi connectivity index (χ1v) is 12.8. The van der Waals surface area contributed by atoms with Gasteiger partial charge < -0.3 is 19.5 Å². The SMILES string of the molecule is Cc1nnc2n1CCN(Cc1ccc3c(c1)N(C)C(=O)[C@H](NC(=O)c1n[nH]c(Cc4ccccc4)n1)CO3)C2. The van der Waals surface area contributed by atoms with Gasteiger partial charge in [-0.1, -0.05) is 36.4 Å². The van der Waals surface area contributed by atoms with Crippen molar-refractivity contribution in [2.75, 3.05) is 25.1 Å². The third-order valence-corrected chi connectivity index (χ3v) is 7.10. The van der Waals surface area contributed by atoms with Crippen molar-refractivity contribution in [1.29, 1.82) is 0 Å². The quantitative estimate of drug-likeness (QED) is 0.385. The molecular weight excluding hydrogens is 498 g/mol. The number of likely N-dealkylation sites (N-methyl/N-ethyl adjacent to an activating group) is 1. The fourth-order valence-electron chi connectivity index (χ4n) is 4.98. The van der Waals surface area contributed by atoms with Crippen LogP contribution in [-0.2, 0) is 30.8 Å². The molecule has 0 radical (unpaired) electrons. The fourth-order valence-corrected chi connectivity index (χ4v) is 4.98. The van der Waals surface area contributed by atoms with Crippen molar-refractivity contribution in [2.45, 2.75) is 39.0 Å². The van der Waals surface area contributed by atoms with Crippen molar-refractivity contribution in [3.8, 4) is 5.75 Å². The summed E-state index contributed by atoms with van der Waals surface area (Å²) in [6.07, 6.45) is 0.518. The minimum absolute atomic E-state index is 0.00366. The largest absolute Gasteiger partial charge is 0.489 e. The second-order valence-electron chi connectivity index (χ2n) is 9.83. The van der Waals surface area contributed by atoms with Gasteiger partial charge in [-0.05, 0) is 30.2 Å². The van der Waals surface area contributed by atoms with E-state index in [-0.39, 0.29) is 18.3 Å². The Morgan fingerprint density at radius 1 is 1.13 bits per heavy atom. The highest BCUT2D eigenvalue weighted by Crippen LogP contribution is 2.32. The van der Waals surface area contributed by atoms with Crippen LogP contribution < -0.4 is 15.0 Å². The van der Waals surface area contributed by atoms with Gasteiger partial charge in [0.25, 0.3) is 11.8 Å². The van der Waals surface area contributed by atoms with Gasteiger partial charge in [0.05, 0.1) is 12.2 Å². The third kappa shape index (κ3) is 5.10. The smallest absolute Gasteiger partial charge is 0.291 e. The molecule has 0 saturated carbocycles. The number of amides is 2. The van der Waals surface area contributed by atoms with E-state index in [9.17, 15) is 9.59 Å². The van der Waals surface area contributed by atoms with Gasteiger partial charge >= 0.3 is 0 Å². The van der Waals surface area contributed by atoms with Gasteiger partial charge in [-0.15, -0.1) is 15.3 Å². The molecule has 12 nitrogen and oxygen atoms in total. The van der Waals surface area contributed by atoms with Crippen LogP contribution in [0.3, 0.4) is 0 Å². The molecule has 39 heavy (non-hydrogen) atoms. The van der Waals surface area contributed by atoms with E-state index < -0.39 is 11.9 Å². The summed E-state index contributed by atoms with van der Waals surface area (Å²) in [6.45, 7) is 5.12. The second kappa shape index (κ2) is 10.3. The summed E-state index contributed by atoms with van der Waals surface area (Å²) >= 11 is 0. The Hall–Kier alpha value is -4.58. The second-order valence-corrected chi connectivity index (χ2v) is 9.83. The van der Waals surface area contributed by atoms with E-state index in [1.807, 2.05) is 55.5 Å². The maximum Gasteiger partial charge on any atom is 0.291 e. The Morgan fingerprint density at radius 2 is 1.97 bits per heavy atom. The predicted octanol–water partition coefficient (Wildman–Crippen LogP) is 1.47. The van der Waals surface area contributed by atoms with Gasteiger partial charge in [0, 0.05) is 33.1 Å². The van der Waals surface area contributed by atoms with Crippen LogP contribution in [0.4, 0.5) is 5.69 Å². The maximum atomic E-state index is 13.3. The number of carbonyl (C=O) groups is 2. The molecule has 12 heteroatoms. The number of aromatic amines is 1. The average Bonchev–Trinajstić information content (AvgIpc) is 3.55. The standard InChI is InChI=1S/C27H29N9O3/c1-17-30-32-24-15-35(10-11-36(17)24)14-19-8-9-22-21(12-19)34(2)27(38)20(16-39-22)28-26(37)25-29-23(31-33-25)13-18-6-4-3-5-7-18/h3-9,12,20H,10-11,13-16H2,1-2H3,(H,28,37)(H,29,31,33)/t20-/m1/s1. The van der Waals surface area contributed by atoms with Crippen LogP contribution in [-0.4, -0.2) is 72.9 Å². The zero-order valence-electron chi connectivity index (χ0n) is 21.8. The molecule has 1 atom stereocenters. The van der Waals surface area contributed by atoms with E-state index in [0.29, 0.717) is 36.8 Å². The molecular formula is C27H29N9O3. The summed E-state index contributed by atoms with van der Waals surface area (Å²) in [7, 11) is 1.69. The molecule has 2 N–H and O–H groups in total. The number of rotatable bonds is 6. The lowest BCUT2D eigenvalue weighted by atomic mass is 10.1. The van der Waals surface area contributed by atoms with E-state index in [4.69, 9.17) is 4.74 Å². The topological polar surface area (TPSA) is 134 Å². The molecule has 200 valence electrons. The predicted molar refractivity (Wildman–Crippen MR) is 141 cm³/mol. The van der Waals surface area contributed by atoms with Crippen LogP contribution in [0.1, 0.15) is 39.2 Å². The van der Waals surface area contributed by atoms with Crippen LogP contribution in [0.5, 0.6) is 5.75 Å². The first-order chi connectivity index (χ1) is 18.9. The number of fused-ring (bicyclic) bond motifs is 2. The molecule has 0 unspecified atom stereocenters. The first-order valence-electron chi connectivity index (χ1n) is 12.8. The number of aryl methyl sites for hydroxylation is 1. The normalized spacial score (nSPS) is 17.2. The fraction of sp³-hybridized carbons (Fsp3) is 0.333. The van der Waals surface area contributed by atoms with Gasteiger partial charge in [-0.2, -0.15) is 0 Å². The molecule has 0 fully saturated rings. The molecule has 2 amide bonds. The van der Waals surface area contributed by atoms with Crippen LogP contribution in [0.15, 0.2) is 48.5 Å². The number of anilines is 1. The molecule has 2 aromatic heterocycles. The molecule has 0 aliphatic carbocycles. The van der Waals surface area contributed by atoms with Gasteiger partial charge in [0.15, 0.2) is 0 Å². The number of ether oxygens (including phenoxy) is 1. The number of nitrogens with zero attached hydrogens (tertiary/aromatic N) is 7. The average molecular weight is 528 g/mol. The van der Waals surface area contributed by atoms with Crippen molar-refractivity contribution in [1.82, 2.24) is 40.2 Å². The number of hydrogen-bond acceptors (Lipinski definition) is 8. The first kappa shape index (κ1) is 24.7. The van der Waals surface area contributed by atoms with Crippen molar-refractivity contribution >= 4 is 17.5 Å². The van der Waals surface area contributed by atoms with E-state index >= 15 is 0 Å². The monoisotopic (exact) mass is 527 g/mol. The minimum Gasteiger partial charge on any atom is -0.489 e. The van der Waals surface area contributed by atoms with Crippen molar-refractivity contribution in [2.24, 2.45) is 0 Å². The van der Waals surface area contributed by atoms with Gasteiger partial charge in [-0.3, -0.25) is 19.6 Å². The Bertz CT molecular complexity index is 1510. The van der Waals surface area contributed by atoms with Gasteiger partial charge in [0.2, 0.25) is 5.82 Å². The van der Waals surface area contributed by atoms with Crippen molar-refractivity contribution in [3.63, 3.8) is 0 Å². The molecule has 0 spiro atoms. The lowest BCUT2D eigenvalue weighted by Gasteiger charge is -2.28. The maximum absolute atomic E-state index is 13.3. The lowest BCUT2D eigenvalue weighted by molar-refractivity contribution is -0.120. The zero-order chi connectivity index (χ0) is 26.9. The number of benzene rings is 2. The minimum atomic E-state index is -0.883. The van der Waals surface area contributed by atoms with Crippen molar-refractivity contribution in [3.05, 3.63) is 83.0 Å². The highest BCUT2D eigenvalue weighted by molar-refractivity contribution is 6.02. The highest BCUT2D eigenvalue weighted by Gasteiger charge is 2.32. The highest BCUT2D eigenvalue weighted by atomic mass is 16.5. The van der Waals surface area contributed by atoms with Crippen LogP contribution in [0.25, 0.3) is 0 Å². The van der Waals surface area contributed by atoms with Crippen LogP contribution >= 0.6 is 0 Å². The van der Waals surface area contributed by atoms with Crippen LogP contribution in [0, 0.1) is 6.92 Å². The van der Waals surface area contributed by atoms with Gasteiger partial charge in [-0.25, -0.2) is 4.98 Å². The summed E-state index contributed by atoms with van der Waals surface area (Å²) in [4.78, 5) is 34.3.